The number of hydrogen-bond donors (Lipinski definition) is 1. The molecule has 3 heterocycles. The van der Waals surface area contributed by atoms with Crippen LogP contribution in [-0.4, -0.2) is 14.8 Å². The van der Waals surface area contributed by atoms with Crippen LogP contribution in [0.4, 0.5) is 11.4 Å². The Balaban J connectivity index is 1.19. The molecule has 4 heteroatoms. The second-order valence-electron chi connectivity index (χ2n) is 13.9. The number of allylic oxidation sites excluding steroid dienone is 1. The largest absolute Gasteiger partial charge is 0.371 e. The smallest absolute Gasteiger partial charge is 0.0947 e. The number of rotatable bonds is 4. The fourth-order valence-electron chi connectivity index (χ4n) is 8.78. The number of fused-ring (bicyclic) bond motifs is 11. The molecule has 1 aliphatic heterocycles. The lowest BCUT2D eigenvalue weighted by molar-refractivity contribution is 0.887. The Labute approximate surface area is 301 Å². The number of para-hydroxylation sites is 4. The zero-order chi connectivity index (χ0) is 34.2. The Morgan fingerprint density at radius 3 is 2.00 bits per heavy atom. The summed E-state index contributed by atoms with van der Waals surface area (Å²) in [5.74, 6) is 0. The maximum absolute atomic E-state index is 5.21. The highest BCUT2D eigenvalue weighted by Gasteiger charge is 2.29. The van der Waals surface area contributed by atoms with Crippen LogP contribution < -0.4 is 5.32 Å². The first-order valence-corrected chi connectivity index (χ1v) is 18.2. The molecule has 11 rings (SSSR count). The minimum atomic E-state index is -0.0825. The summed E-state index contributed by atoms with van der Waals surface area (Å²) in [6.07, 6.45) is 6.71. The van der Waals surface area contributed by atoms with Gasteiger partial charge in [-0.15, -0.1) is 0 Å². The van der Waals surface area contributed by atoms with Gasteiger partial charge in [-0.3, -0.25) is 0 Å². The highest BCUT2D eigenvalue weighted by molar-refractivity contribution is 6.33. The maximum Gasteiger partial charge on any atom is 0.0947 e. The van der Waals surface area contributed by atoms with Gasteiger partial charge in [0.1, 0.15) is 0 Å². The van der Waals surface area contributed by atoms with Crippen molar-refractivity contribution in [2.45, 2.75) is 18.9 Å². The van der Waals surface area contributed by atoms with Gasteiger partial charge in [0.05, 0.1) is 39.7 Å². The van der Waals surface area contributed by atoms with Gasteiger partial charge in [-0.2, -0.15) is 0 Å². The molecule has 1 atom stereocenters. The second kappa shape index (κ2) is 11.4. The predicted octanol–water partition coefficient (Wildman–Crippen LogP) is 12.1. The monoisotopic (exact) mass is 666 g/mol. The number of hydrogen-bond acceptors (Lipinski definition) is 2. The van der Waals surface area contributed by atoms with E-state index in [1.807, 2.05) is 0 Å². The van der Waals surface area contributed by atoms with E-state index in [9.17, 15) is 0 Å². The molecule has 52 heavy (non-hydrogen) atoms. The third-order valence-corrected chi connectivity index (χ3v) is 11.0. The number of aromatic nitrogens is 2. The van der Waals surface area contributed by atoms with E-state index in [2.05, 4.69) is 184 Å². The first-order valence-electron chi connectivity index (χ1n) is 18.2. The molecule has 246 valence electrons. The molecule has 1 N–H and O–H groups in total. The lowest BCUT2D eigenvalue weighted by Gasteiger charge is -2.28. The lowest BCUT2D eigenvalue weighted by atomic mass is 9.94. The first-order chi connectivity index (χ1) is 25.8. The van der Waals surface area contributed by atoms with Crippen LogP contribution in [0.1, 0.15) is 34.8 Å². The van der Waals surface area contributed by atoms with Gasteiger partial charge >= 0.3 is 0 Å². The minimum absolute atomic E-state index is 0.0825. The molecule has 0 fully saturated rings. The summed E-state index contributed by atoms with van der Waals surface area (Å²) < 4.78 is 5.06. The normalized spacial score (nSPS) is 15.2. The first kappa shape index (κ1) is 29.1. The average molecular weight is 667 g/mol. The molecule has 7 aromatic carbocycles. The van der Waals surface area contributed by atoms with Crippen molar-refractivity contribution in [1.82, 2.24) is 9.13 Å². The summed E-state index contributed by atoms with van der Waals surface area (Å²) in [5.41, 5.74) is 14.1. The van der Waals surface area contributed by atoms with Gasteiger partial charge in [0.15, 0.2) is 0 Å². The molecule has 2 aromatic heterocycles. The molecule has 0 amide bonds. The van der Waals surface area contributed by atoms with Crippen molar-refractivity contribution in [1.29, 1.82) is 0 Å². The second-order valence-corrected chi connectivity index (χ2v) is 13.9. The molecule has 4 nitrogen and oxygen atoms in total. The van der Waals surface area contributed by atoms with Crippen LogP contribution in [0.3, 0.4) is 0 Å². The van der Waals surface area contributed by atoms with Crippen LogP contribution in [-0.2, 0) is 6.42 Å². The highest BCUT2D eigenvalue weighted by Crippen LogP contribution is 2.47. The number of nitrogens with one attached hydrogen (secondary N) is 1. The molecule has 2 aliphatic rings. The Hall–Kier alpha value is -6.65. The molecule has 0 saturated carbocycles. The van der Waals surface area contributed by atoms with Crippen molar-refractivity contribution >= 4 is 66.6 Å². The van der Waals surface area contributed by atoms with Gasteiger partial charge in [-0.1, -0.05) is 127 Å². The molecule has 1 aliphatic carbocycles. The Kier molecular flexibility index (Phi) is 6.41. The number of aliphatic imine (C=N–C) groups is 1. The van der Waals surface area contributed by atoms with E-state index in [-0.39, 0.29) is 6.04 Å². The van der Waals surface area contributed by atoms with Crippen molar-refractivity contribution in [2.24, 2.45) is 4.99 Å². The molecule has 0 saturated heterocycles. The van der Waals surface area contributed by atoms with Gasteiger partial charge in [0.2, 0.25) is 0 Å². The fraction of sp³-hybridized carbons (Fsp3) is 0.0625. The van der Waals surface area contributed by atoms with Crippen molar-refractivity contribution < 1.29 is 0 Å². The zero-order valence-electron chi connectivity index (χ0n) is 28.5. The van der Waals surface area contributed by atoms with Crippen LogP contribution in [0.5, 0.6) is 0 Å². The molecule has 0 radical (unpaired) electrons. The van der Waals surface area contributed by atoms with Gasteiger partial charge < -0.3 is 14.5 Å². The van der Waals surface area contributed by atoms with E-state index in [1.54, 1.807) is 0 Å². The third-order valence-electron chi connectivity index (χ3n) is 11.0. The number of nitrogens with zero attached hydrogens (tertiary/aromatic N) is 3. The number of benzene rings is 7. The summed E-state index contributed by atoms with van der Waals surface area (Å²) in [6, 6.07) is 56.8. The zero-order valence-corrected chi connectivity index (χ0v) is 28.5. The van der Waals surface area contributed by atoms with E-state index < -0.39 is 0 Å². The lowest BCUT2D eigenvalue weighted by Crippen LogP contribution is -2.24. The van der Waals surface area contributed by atoms with Gasteiger partial charge in [0.25, 0.3) is 0 Å². The summed E-state index contributed by atoms with van der Waals surface area (Å²) in [5, 5.41) is 10.3. The van der Waals surface area contributed by atoms with E-state index in [1.165, 1.54) is 71.7 Å². The Bertz CT molecular complexity index is 2910. The summed E-state index contributed by atoms with van der Waals surface area (Å²) >= 11 is 0. The highest BCUT2D eigenvalue weighted by atomic mass is 15.1. The summed E-state index contributed by atoms with van der Waals surface area (Å²) in [4.78, 5) is 5.21. The third kappa shape index (κ3) is 4.24. The molecular formula is C48H34N4. The average Bonchev–Trinajstić information content (AvgIpc) is 3.75. The fourth-order valence-corrected chi connectivity index (χ4v) is 8.78. The standard InChI is InChI=1S/C48H34N4/c1-3-15-31(16-4-1)45-46(50-40-24-12-11-23-39(40)49-45)32-27-29-34(30-28-32)52-42-26-14-10-22-38(42)44-36-20-8-7-19-35(36)43-37-21-9-13-25-41(37)51(47(43)48(44)52)33-17-5-2-6-18-33/h1-13,15-25,27-30,46,50H,14,26H2. The van der Waals surface area contributed by atoms with Crippen molar-refractivity contribution in [3.8, 4) is 11.4 Å². The SMILES string of the molecule is C1=Cc2c(n(-c3ccc(C4Nc5ccccc5N=C4c4ccccc4)cc3)c3c2c2ccccc2c2c4ccccc4n(-c4ccccc4)c23)CC1. The Morgan fingerprint density at radius 1 is 0.558 bits per heavy atom. The van der Waals surface area contributed by atoms with E-state index >= 15 is 0 Å². The van der Waals surface area contributed by atoms with Crippen LogP contribution in [0.2, 0.25) is 0 Å². The molecule has 9 aromatic rings. The van der Waals surface area contributed by atoms with Crippen LogP contribution in [0.25, 0.3) is 60.9 Å². The van der Waals surface area contributed by atoms with E-state index in [0.717, 1.165) is 35.5 Å². The van der Waals surface area contributed by atoms with Crippen molar-refractivity contribution in [3.63, 3.8) is 0 Å². The van der Waals surface area contributed by atoms with Crippen LogP contribution >= 0.6 is 0 Å². The van der Waals surface area contributed by atoms with Gasteiger partial charge in [0, 0.05) is 38.8 Å². The summed E-state index contributed by atoms with van der Waals surface area (Å²) in [7, 11) is 0. The van der Waals surface area contributed by atoms with Crippen molar-refractivity contribution in [3.05, 3.63) is 186 Å². The van der Waals surface area contributed by atoms with Gasteiger partial charge in [-0.05, 0) is 77.2 Å². The molecular weight excluding hydrogens is 633 g/mol. The molecule has 0 bridgehead atoms. The minimum Gasteiger partial charge on any atom is -0.371 e. The molecule has 0 spiro atoms. The summed E-state index contributed by atoms with van der Waals surface area (Å²) in [6.45, 7) is 0. The van der Waals surface area contributed by atoms with Gasteiger partial charge in [-0.25, -0.2) is 4.99 Å². The number of anilines is 1. The van der Waals surface area contributed by atoms with E-state index in [4.69, 9.17) is 4.99 Å². The molecule has 1 unspecified atom stereocenters. The van der Waals surface area contributed by atoms with E-state index in [0.29, 0.717) is 0 Å². The maximum atomic E-state index is 5.21. The van der Waals surface area contributed by atoms with Crippen LogP contribution in [0.15, 0.2) is 169 Å². The quantitative estimate of drug-likeness (QED) is 0.199. The van der Waals surface area contributed by atoms with Crippen molar-refractivity contribution in [2.75, 3.05) is 5.32 Å². The van der Waals surface area contributed by atoms with Crippen LogP contribution in [0, 0.1) is 0 Å². The Morgan fingerprint density at radius 2 is 1.19 bits per heavy atom. The predicted molar refractivity (Wildman–Crippen MR) is 218 cm³/mol. The topological polar surface area (TPSA) is 34.2 Å².